The molecule has 4 rings (SSSR count). The quantitative estimate of drug-likeness (QED) is 0.871. The summed E-state index contributed by atoms with van der Waals surface area (Å²) in [5.41, 5.74) is 1.50. The monoisotopic (exact) mass is 390 g/mol. The Bertz CT molecular complexity index is 899. The zero-order valence-electron chi connectivity index (χ0n) is 16.0. The van der Waals surface area contributed by atoms with E-state index >= 15 is 0 Å². The molecule has 3 heterocycles. The van der Waals surface area contributed by atoms with E-state index < -0.39 is 11.6 Å². The molecule has 6 nitrogen and oxygen atoms in total. The predicted molar refractivity (Wildman–Crippen MR) is 99.6 cm³/mol. The molecular weight excluding hydrogens is 366 g/mol. The molecule has 2 aromatic rings. The van der Waals surface area contributed by atoms with Crippen molar-refractivity contribution in [1.82, 2.24) is 20.0 Å². The summed E-state index contributed by atoms with van der Waals surface area (Å²) in [6, 6.07) is 3.80. The Hall–Kier alpha value is -2.32. The van der Waals surface area contributed by atoms with Crippen molar-refractivity contribution in [2.24, 2.45) is 0 Å². The van der Waals surface area contributed by atoms with Crippen molar-refractivity contribution >= 4 is 5.91 Å². The van der Waals surface area contributed by atoms with Gasteiger partial charge in [0.05, 0.1) is 29.7 Å². The first kappa shape index (κ1) is 19.0. The molecule has 0 unspecified atom stereocenters. The van der Waals surface area contributed by atoms with Crippen LogP contribution in [0, 0.1) is 25.5 Å². The van der Waals surface area contributed by atoms with E-state index in [0.717, 1.165) is 19.2 Å². The van der Waals surface area contributed by atoms with Crippen molar-refractivity contribution in [3.05, 3.63) is 46.8 Å². The second-order valence-electron chi connectivity index (χ2n) is 7.51. The number of morpholine rings is 1. The number of ether oxygens (including phenoxy) is 1. The molecular formula is C20H24F2N4O2. The average molecular weight is 390 g/mol. The number of nitrogens with zero attached hydrogens (tertiary/aromatic N) is 3. The van der Waals surface area contributed by atoms with Crippen LogP contribution >= 0.6 is 0 Å². The minimum Gasteiger partial charge on any atom is -0.373 e. The van der Waals surface area contributed by atoms with Crippen molar-refractivity contribution in [3.8, 4) is 5.69 Å². The molecule has 2 aliphatic rings. The van der Waals surface area contributed by atoms with Crippen molar-refractivity contribution in [2.75, 3.05) is 26.2 Å². The van der Waals surface area contributed by atoms with Gasteiger partial charge in [0.25, 0.3) is 5.91 Å². The molecule has 0 spiro atoms. The number of benzene rings is 1. The number of hydrogen-bond donors (Lipinski definition) is 1. The molecule has 0 saturated carbocycles. The van der Waals surface area contributed by atoms with Crippen LogP contribution in [0.1, 0.15) is 34.6 Å². The van der Waals surface area contributed by atoms with Gasteiger partial charge in [-0.2, -0.15) is 5.10 Å². The molecule has 2 fully saturated rings. The highest BCUT2D eigenvalue weighted by molar-refractivity contribution is 5.96. The van der Waals surface area contributed by atoms with Gasteiger partial charge in [-0.05, 0) is 45.4 Å². The third-order valence-corrected chi connectivity index (χ3v) is 5.61. The average Bonchev–Trinajstić information content (AvgIpc) is 3.23. The second kappa shape index (κ2) is 7.60. The van der Waals surface area contributed by atoms with Crippen LogP contribution in [-0.4, -0.2) is 59.0 Å². The van der Waals surface area contributed by atoms with Crippen LogP contribution in [0.25, 0.3) is 5.69 Å². The van der Waals surface area contributed by atoms with Crippen LogP contribution in [0.3, 0.4) is 0 Å². The van der Waals surface area contributed by atoms with Crippen LogP contribution in [0.5, 0.6) is 0 Å². The molecule has 1 amide bonds. The van der Waals surface area contributed by atoms with Gasteiger partial charge in [0.1, 0.15) is 11.5 Å². The highest BCUT2D eigenvalue weighted by atomic mass is 19.1. The summed E-state index contributed by atoms with van der Waals surface area (Å²) in [4.78, 5) is 15.2. The van der Waals surface area contributed by atoms with Crippen LogP contribution in [0.2, 0.25) is 0 Å². The molecule has 2 aliphatic heterocycles. The van der Waals surface area contributed by atoms with Crippen molar-refractivity contribution in [1.29, 1.82) is 0 Å². The molecule has 8 heteroatoms. The van der Waals surface area contributed by atoms with Gasteiger partial charge in [0, 0.05) is 25.2 Å². The van der Waals surface area contributed by atoms with E-state index in [0.29, 0.717) is 36.1 Å². The number of fused-ring (bicyclic) bond motifs is 1. The van der Waals surface area contributed by atoms with Gasteiger partial charge < -0.3 is 10.1 Å². The summed E-state index contributed by atoms with van der Waals surface area (Å²) in [5.74, 6) is -1.65. The van der Waals surface area contributed by atoms with Crippen molar-refractivity contribution in [3.63, 3.8) is 0 Å². The number of hydrogen-bond acceptors (Lipinski definition) is 4. The summed E-state index contributed by atoms with van der Waals surface area (Å²) in [5, 5.41) is 7.21. The number of nitrogens with one attached hydrogen (secondary N) is 1. The van der Waals surface area contributed by atoms with E-state index in [-0.39, 0.29) is 17.7 Å². The molecule has 0 bridgehead atoms. The third kappa shape index (κ3) is 3.54. The van der Waals surface area contributed by atoms with E-state index in [4.69, 9.17) is 4.74 Å². The molecule has 2 atom stereocenters. The van der Waals surface area contributed by atoms with Gasteiger partial charge in [0.15, 0.2) is 5.82 Å². The molecule has 1 N–H and O–H groups in total. The normalized spacial score (nSPS) is 22.3. The van der Waals surface area contributed by atoms with Gasteiger partial charge in [-0.3, -0.25) is 9.69 Å². The number of aromatic nitrogens is 2. The number of carbonyl (C=O) groups excluding carboxylic acids is 1. The van der Waals surface area contributed by atoms with Gasteiger partial charge in [0.2, 0.25) is 0 Å². The topological polar surface area (TPSA) is 59.4 Å². The van der Waals surface area contributed by atoms with E-state index in [2.05, 4.69) is 15.3 Å². The first-order valence-corrected chi connectivity index (χ1v) is 9.59. The Morgan fingerprint density at radius 1 is 1.36 bits per heavy atom. The molecule has 0 aliphatic carbocycles. The zero-order valence-corrected chi connectivity index (χ0v) is 16.0. The summed E-state index contributed by atoms with van der Waals surface area (Å²) in [6.07, 6.45) is 2.34. The molecule has 1 aromatic heterocycles. The minimum atomic E-state index is -0.728. The molecule has 1 aromatic carbocycles. The lowest BCUT2D eigenvalue weighted by Gasteiger charge is -2.35. The largest absolute Gasteiger partial charge is 0.373 e. The molecule has 28 heavy (non-hydrogen) atoms. The van der Waals surface area contributed by atoms with E-state index in [1.165, 1.54) is 29.7 Å². The van der Waals surface area contributed by atoms with Gasteiger partial charge >= 0.3 is 0 Å². The standard InChI is InChI=1S/C20H24F2N4O2/c1-12-19(13(2)26(24-12)18-6-5-14(21)8-17(18)22)20(27)23-9-16-10-25-7-3-4-15(25)11-28-16/h5-6,8,15-16H,3-4,7,9-11H2,1-2H3,(H,23,27)/t15-,16+/m1/s1. The number of rotatable bonds is 4. The molecule has 2 saturated heterocycles. The highest BCUT2D eigenvalue weighted by Gasteiger charge is 2.32. The first-order valence-electron chi connectivity index (χ1n) is 9.59. The van der Waals surface area contributed by atoms with E-state index in [1.807, 2.05) is 0 Å². The Kier molecular flexibility index (Phi) is 5.16. The van der Waals surface area contributed by atoms with Crippen LogP contribution < -0.4 is 5.32 Å². The maximum absolute atomic E-state index is 14.1. The van der Waals surface area contributed by atoms with Gasteiger partial charge in [-0.15, -0.1) is 0 Å². The molecule has 0 radical (unpaired) electrons. The number of carbonyl (C=O) groups is 1. The van der Waals surface area contributed by atoms with E-state index in [9.17, 15) is 13.6 Å². The second-order valence-corrected chi connectivity index (χ2v) is 7.51. The summed E-state index contributed by atoms with van der Waals surface area (Å²) in [7, 11) is 0. The Morgan fingerprint density at radius 2 is 2.18 bits per heavy atom. The molecule has 150 valence electrons. The maximum atomic E-state index is 14.1. The lowest BCUT2D eigenvalue weighted by atomic mass is 10.1. The lowest BCUT2D eigenvalue weighted by molar-refractivity contribution is -0.0461. The van der Waals surface area contributed by atoms with Gasteiger partial charge in [-0.1, -0.05) is 0 Å². The lowest BCUT2D eigenvalue weighted by Crippen LogP contribution is -2.50. The number of halogens is 2. The fraction of sp³-hybridized carbons (Fsp3) is 0.500. The SMILES string of the molecule is Cc1nn(-c2ccc(F)cc2F)c(C)c1C(=O)NC[C@H]1CN2CCC[C@@H]2CO1. The third-order valence-electron chi connectivity index (χ3n) is 5.61. The van der Waals surface area contributed by atoms with Gasteiger partial charge in [-0.25, -0.2) is 13.5 Å². The zero-order chi connectivity index (χ0) is 19.8. The highest BCUT2D eigenvalue weighted by Crippen LogP contribution is 2.23. The Labute approximate surface area is 162 Å². The fourth-order valence-electron chi connectivity index (χ4n) is 4.16. The fourth-order valence-corrected chi connectivity index (χ4v) is 4.16. The summed E-state index contributed by atoms with van der Waals surface area (Å²) >= 11 is 0. The van der Waals surface area contributed by atoms with Crippen LogP contribution in [0.4, 0.5) is 8.78 Å². The Morgan fingerprint density at radius 3 is 2.96 bits per heavy atom. The maximum Gasteiger partial charge on any atom is 0.255 e. The van der Waals surface area contributed by atoms with Crippen molar-refractivity contribution in [2.45, 2.75) is 38.8 Å². The van der Waals surface area contributed by atoms with Crippen LogP contribution in [0.15, 0.2) is 18.2 Å². The summed E-state index contributed by atoms with van der Waals surface area (Å²) in [6.45, 7) is 6.43. The smallest absolute Gasteiger partial charge is 0.255 e. The van der Waals surface area contributed by atoms with Crippen molar-refractivity contribution < 1.29 is 18.3 Å². The number of aryl methyl sites for hydroxylation is 1. The predicted octanol–water partition coefficient (Wildman–Crippen LogP) is 2.36. The summed E-state index contributed by atoms with van der Waals surface area (Å²) < 4.78 is 34.5. The number of amides is 1. The van der Waals surface area contributed by atoms with Crippen LogP contribution in [-0.2, 0) is 4.74 Å². The van der Waals surface area contributed by atoms with E-state index in [1.54, 1.807) is 13.8 Å². The first-order chi connectivity index (χ1) is 13.4. The Balaban J connectivity index is 1.46. The minimum absolute atomic E-state index is 0.0384.